The average molecular weight is 283 g/mol. The van der Waals surface area contributed by atoms with Crippen LogP contribution in [0.5, 0.6) is 0 Å². The van der Waals surface area contributed by atoms with Crippen molar-refractivity contribution < 1.29 is 8.42 Å². The highest BCUT2D eigenvalue weighted by Gasteiger charge is 2.19. The molecule has 0 radical (unpaired) electrons. The lowest BCUT2D eigenvalue weighted by molar-refractivity contribution is 0.578. The van der Waals surface area contributed by atoms with Gasteiger partial charge in [0.15, 0.2) is 0 Å². The van der Waals surface area contributed by atoms with Crippen LogP contribution in [0.2, 0.25) is 0 Å². The minimum Gasteiger partial charge on any atom is -0.274 e. The van der Waals surface area contributed by atoms with Crippen molar-refractivity contribution >= 4 is 10.0 Å². The van der Waals surface area contributed by atoms with E-state index in [0.717, 1.165) is 5.69 Å². The van der Waals surface area contributed by atoms with Crippen molar-refractivity contribution in [3.05, 3.63) is 29.3 Å². The van der Waals surface area contributed by atoms with E-state index in [1.54, 1.807) is 18.7 Å². The summed E-state index contributed by atoms with van der Waals surface area (Å²) < 4.78 is 30.0. The second-order valence-electron chi connectivity index (χ2n) is 4.48. The standard InChI is InChI=1S/C11H17N5O2S/c1-8-5-10(14-16(8)4)6-12-19(17,18)11-7-15(3)13-9(11)2/h5,7,12H,6H2,1-4H3. The predicted molar refractivity (Wildman–Crippen MR) is 69.9 cm³/mol. The Morgan fingerprint density at radius 1 is 1.26 bits per heavy atom. The molecule has 0 fully saturated rings. The fraction of sp³-hybridized carbons (Fsp3) is 0.455. The maximum absolute atomic E-state index is 12.1. The molecule has 1 N–H and O–H groups in total. The van der Waals surface area contributed by atoms with E-state index >= 15 is 0 Å². The maximum Gasteiger partial charge on any atom is 0.244 e. The molecule has 2 heterocycles. The molecule has 2 aromatic rings. The highest BCUT2D eigenvalue weighted by Crippen LogP contribution is 2.13. The molecule has 104 valence electrons. The van der Waals surface area contributed by atoms with Gasteiger partial charge in [0.2, 0.25) is 10.0 Å². The Hall–Kier alpha value is -1.67. The fourth-order valence-electron chi connectivity index (χ4n) is 1.81. The summed E-state index contributed by atoms with van der Waals surface area (Å²) in [6.07, 6.45) is 1.49. The Kier molecular flexibility index (Phi) is 3.46. The third-order valence-electron chi connectivity index (χ3n) is 2.87. The van der Waals surface area contributed by atoms with Gasteiger partial charge in [0.1, 0.15) is 4.90 Å². The van der Waals surface area contributed by atoms with Crippen molar-refractivity contribution in [2.24, 2.45) is 14.1 Å². The number of nitrogens with one attached hydrogen (secondary N) is 1. The van der Waals surface area contributed by atoms with Crippen molar-refractivity contribution in [3.8, 4) is 0 Å². The Labute approximate surface area is 112 Å². The van der Waals surface area contributed by atoms with Crippen LogP contribution in [0, 0.1) is 13.8 Å². The fourth-order valence-corrected chi connectivity index (χ4v) is 3.02. The van der Waals surface area contributed by atoms with Crippen molar-refractivity contribution in [3.63, 3.8) is 0 Å². The van der Waals surface area contributed by atoms with Crippen LogP contribution in [0.1, 0.15) is 17.1 Å². The molecule has 0 spiro atoms. The molecular weight excluding hydrogens is 266 g/mol. The average Bonchev–Trinajstić information content (AvgIpc) is 2.80. The minimum absolute atomic E-state index is 0.165. The molecule has 0 bridgehead atoms. The quantitative estimate of drug-likeness (QED) is 0.872. The highest BCUT2D eigenvalue weighted by molar-refractivity contribution is 7.89. The number of sulfonamides is 1. The normalized spacial score (nSPS) is 12.0. The number of hydrogen-bond acceptors (Lipinski definition) is 4. The van der Waals surface area contributed by atoms with E-state index in [2.05, 4.69) is 14.9 Å². The van der Waals surface area contributed by atoms with E-state index in [1.807, 2.05) is 20.0 Å². The molecule has 0 aliphatic heterocycles. The first-order valence-electron chi connectivity index (χ1n) is 5.79. The second-order valence-corrected chi connectivity index (χ2v) is 6.21. The summed E-state index contributed by atoms with van der Waals surface area (Å²) in [4.78, 5) is 0.197. The first-order chi connectivity index (χ1) is 8.79. The van der Waals surface area contributed by atoms with Crippen LogP contribution in [0.4, 0.5) is 0 Å². The van der Waals surface area contributed by atoms with E-state index < -0.39 is 10.0 Å². The number of aromatic nitrogens is 4. The summed E-state index contributed by atoms with van der Waals surface area (Å²) >= 11 is 0. The number of nitrogens with zero attached hydrogens (tertiary/aromatic N) is 4. The molecule has 2 aromatic heterocycles. The predicted octanol–water partition coefficient (Wildman–Crippen LogP) is 0.249. The molecule has 0 atom stereocenters. The van der Waals surface area contributed by atoms with Crippen molar-refractivity contribution in [2.75, 3.05) is 0 Å². The van der Waals surface area contributed by atoms with Gasteiger partial charge in [0.25, 0.3) is 0 Å². The van der Waals surface area contributed by atoms with Crippen LogP contribution in [0.15, 0.2) is 17.2 Å². The van der Waals surface area contributed by atoms with Gasteiger partial charge in [-0.05, 0) is 19.9 Å². The van der Waals surface area contributed by atoms with E-state index in [-0.39, 0.29) is 11.4 Å². The molecule has 8 heteroatoms. The zero-order valence-electron chi connectivity index (χ0n) is 11.4. The molecule has 0 saturated carbocycles. The smallest absolute Gasteiger partial charge is 0.244 e. The number of hydrogen-bond donors (Lipinski definition) is 1. The second kappa shape index (κ2) is 4.78. The summed E-state index contributed by atoms with van der Waals surface area (Å²) in [7, 11) is -0.0478. The van der Waals surface area contributed by atoms with Gasteiger partial charge in [-0.2, -0.15) is 10.2 Å². The molecule has 0 aromatic carbocycles. The molecule has 0 aliphatic carbocycles. The van der Waals surface area contributed by atoms with Crippen LogP contribution in [-0.4, -0.2) is 28.0 Å². The van der Waals surface area contributed by atoms with E-state index in [9.17, 15) is 8.42 Å². The first kappa shape index (κ1) is 13.8. The highest BCUT2D eigenvalue weighted by atomic mass is 32.2. The largest absolute Gasteiger partial charge is 0.274 e. The van der Waals surface area contributed by atoms with Gasteiger partial charge in [-0.1, -0.05) is 0 Å². The Bertz CT molecular complexity index is 679. The van der Waals surface area contributed by atoms with Crippen molar-refractivity contribution in [2.45, 2.75) is 25.3 Å². The van der Waals surface area contributed by atoms with Gasteiger partial charge in [0, 0.05) is 26.0 Å². The summed E-state index contributed by atoms with van der Waals surface area (Å²) in [5.74, 6) is 0. The zero-order valence-corrected chi connectivity index (χ0v) is 12.2. The van der Waals surface area contributed by atoms with Crippen molar-refractivity contribution in [1.29, 1.82) is 0 Å². The molecular formula is C11H17N5O2S. The van der Waals surface area contributed by atoms with Gasteiger partial charge in [-0.15, -0.1) is 0 Å². The van der Waals surface area contributed by atoms with Gasteiger partial charge < -0.3 is 0 Å². The maximum atomic E-state index is 12.1. The van der Waals surface area contributed by atoms with Gasteiger partial charge in [-0.25, -0.2) is 13.1 Å². The first-order valence-corrected chi connectivity index (χ1v) is 7.27. The van der Waals surface area contributed by atoms with Crippen molar-refractivity contribution in [1.82, 2.24) is 24.3 Å². The van der Waals surface area contributed by atoms with Gasteiger partial charge >= 0.3 is 0 Å². The van der Waals surface area contributed by atoms with Crippen LogP contribution in [0.25, 0.3) is 0 Å². The lowest BCUT2D eigenvalue weighted by atomic mass is 10.4. The molecule has 19 heavy (non-hydrogen) atoms. The van der Waals surface area contributed by atoms with E-state index in [4.69, 9.17) is 0 Å². The zero-order chi connectivity index (χ0) is 14.2. The lowest BCUT2D eigenvalue weighted by Gasteiger charge is -2.03. The summed E-state index contributed by atoms with van der Waals surface area (Å²) in [6, 6.07) is 1.85. The van der Waals surface area contributed by atoms with E-state index in [0.29, 0.717) is 11.4 Å². The number of aryl methyl sites for hydroxylation is 4. The van der Waals surface area contributed by atoms with Gasteiger partial charge in [-0.3, -0.25) is 9.36 Å². The summed E-state index contributed by atoms with van der Waals surface area (Å²) in [5.41, 5.74) is 2.14. The minimum atomic E-state index is -3.55. The third-order valence-corrected chi connectivity index (χ3v) is 4.37. The molecule has 0 aliphatic rings. The van der Waals surface area contributed by atoms with Crippen LogP contribution < -0.4 is 4.72 Å². The summed E-state index contributed by atoms with van der Waals surface area (Å²) in [6.45, 7) is 3.74. The number of rotatable bonds is 4. The SMILES string of the molecule is Cc1nn(C)cc1S(=O)(=O)NCc1cc(C)n(C)n1. The van der Waals surface area contributed by atoms with Gasteiger partial charge in [0.05, 0.1) is 17.9 Å². The molecule has 0 saturated heterocycles. The topological polar surface area (TPSA) is 81.8 Å². The molecule has 2 rings (SSSR count). The monoisotopic (exact) mass is 283 g/mol. The van der Waals surface area contributed by atoms with Crippen LogP contribution in [-0.2, 0) is 30.7 Å². The Balaban J connectivity index is 2.16. The molecule has 7 nitrogen and oxygen atoms in total. The Morgan fingerprint density at radius 3 is 2.42 bits per heavy atom. The lowest BCUT2D eigenvalue weighted by Crippen LogP contribution is -2.23. The summed E-state index contributed by atoms with van der Waals surface area (Å²) in [5, 5.41) is 8.23. The van der Waals surface area contributed by atoms with Crippen LogP contribution >= 0.6 is 0 Å². The molecule has 0 amide bonds. The molecule has 0 unspecified atom stereocenters. The third kappa shape index (κ3) is 2.85. The van der Waals surface area contributed by atoms with E-state index in [1.165, 1.54) is 10.9 Å². The Morgan fingerprint density at radius 2 is 1.95 bits per heavy atom. The van der Waals surface area contributed by atoms with Crippen LogP contribution in [0.3, 0.4) is 0 Å².